The van der Waals surface area contributed by atoms with Crippen LogP contribution in [0, 0.1) is 18.8 Å². The Kier molecular flexibility index (Phi) is 4.22. The first-order valence-corrected chi connectivity index (χ1v) is 7.03. The number of hydrogen-bond donors (Lipinski definition) is 1. The Bertz CT molecular complexity index is 350. The minimum Gasteiger partial charge on any atom is -0.324 e. The number of aryl methyl sites for hydroxylation is 1. The molecule has 1 atom stereocenters. The minimum absolute atomic E-state index is 0.244. The Labute approximate surface area is 105 Å². The van der Waals surface area contributed by atoms with Crippen molar-refractivity contribution in [3.05, 3.63) is 35.4 Å². The maximum absolute atomic E-state index is 6.46. The van der Waals surface area contributed by atoms with Crippen LogP contribution in [0.5, 0.6) is 0 Å². The largest absolute Gasteiger partial charge is 0.324 e. The minimum atomic E-state index is 0.244. The van der Waals surface area contributed by atoms with Gasteiger partial charge in [-0.05, 0) is 42.7 Å². The maximum Gasteiger partial charge on any atom is 0.0326 e. The van der Waals surface area contributed by atoms with Gasteiger partial charge in [-0.2, -0.15) is 0 Å². The molecular weight excluding hydrogens is 206 g/mol. The van der Waals surface area contributed by atoms with Crippen LogP contribution in [0.2, 0.25) is 0 Å². The Morgan fingerprint density at radius 1 is 1.18 bits per heavy atom. The van der Waals surface area contributed by atoms with Gasteiger partial charge in [-0.3, -0.25) is 0 Å². The van der Waals surface area contributed by atoms with Gasteiger partial charge in [0.1, 0.15) is 0 Å². The molecule has 0 amide bonds. The van der Waals surface area contributed by atoms with Crippen LogP contribution < -0.4 is 5.73 Å². The van der Waals surface area contributed by atoms with E-state index in [9.17, 15) is 0 Å². The summed E-state index contributed by atoms with van der Waals surface area (Å²) in [6.07, 6.45) is 6.72. The molecular formula is C16H25N. The average Bonchev–Trinajstić information content (AvgIpc) is 2.39. The van der Waals surface area contributed by atoms with Crippen LogP contribution in [0.4, 0.5) is 0 Å². The lowest BCUT2D eigenvalue weighted by molar-refractivity contribution is 0.239. The summed E-state index contributed by atoms with van der Waals surface area (Å²) in [5.74, 6) is 1.65. The Morgan fingerprint density at radius 3 is 2.41 bits per heavy atom. The van der Waals surface area contributed by atoms with E-state index in [-0.39, 0.29) is 6.04 Å². The van der Waals surface area contributed by atoms with E-state index in [0.717, 1.165) is 5.92 Å². The number of rotatable bonds is 3. The monoisotopic (exact) mass is 231 g/mol. The number of hydrogen-bond acceptors (Lipinski definition) is 1. The molecule has 2 N–H and O–H groups in total. The first-order chi connectivity index (χ1) is 8.22. The molecule has 0 saturated heterocycles. The molecule has 1 aromatic rings. The molecule has 1 unspecified atom stereocenters. The van der Waals surface area contributed by atoms with Crippen molar-refractivity contribution in [3.63, 3.8) is 0 Å². The summed E-state index contributed by atoms with van der Waals surface area (Å²) in [4.78, 5) is 0. The van der Waals surface area contributed by atoms with Crippen LogP contribution in [0.1, 0.15) is 56.2 Å². The van der Waals surface area contributed by atoms with E-state index >= 15 is 0 Å². The first kappa shape index (κ1) is 12.6. The van der Waals surface area contributed by atoms with E-state index in [1.54, 1.807) is 0 Å². The van der Waals surface area contributed by atoms with E-state index in [2.05, 4.69) is 38.1 Å². The van der Waals surface area contributed by atoms with E-state index in [1.165, 1.54) is 43.2 Å². The van der Waals surface area contributed by atoms with Gasteiger partial charge in [0.15, 0.2) is 0 Å². The fourth-order valence-electron chi connectivity index (χ4n) is 3.17. The highest BCUT2D eigenvalue weighted by Crippen LogP contribution is 2.37. The van der Waals surface area contributed by atoms with Crippen LogP contribution in [-0.2, 0) is 0 Å². The molecule has 0 heterocycles. The second kappa shape index (κ2) is 5.68. The third kappa shape index (κ3) is 2.90. The van der Waals surface area contributed by atoms with Crippen molar-refractivity contribution in [2.24, 2.45) is 17.6 Å². The summed E-state index contributed by atoms with van der Waals surface area (Å²) in [6.45, 7) is 4.49. The number of nitrogens with two attached hydrogens (primary N) is 1. The van der Waals surface area contributed by atoms with Gasteiger partial charge in [-0.15, -0.1) is 0 Å². The highest BCUT2D eigenvalue weighted by molar-refractivity contribution is 5.29. The summed E-state index contributed by atoms with van der Waals surface area (Å²) < 4.78 is 0. The van der Waals surface area contributed by atoms with Crippen molar-refractivity contribution < 1.29 is 0 Å². The van der Waals surface area contributed by atoms with Gasteiger partial charge in [0.25, 0.3) is 0 Å². The molecule has 1 fully saturated rings. The van der Waals surface area contributed by atoms with Crippen LogP contribution in [0.15, 0.2) is 24.3 Å². The van der Waals surface area contributed by atoms with Gasteiger partial charge < -0.3 is 5.73 Å². The van der Waals surface area contributed by atoms with Crippen molar-refractivity contribution in [1.82, 2.24) is 0 Å². The molecule has 17 heavy (non-hydrogen) atoms. The smallest absolute Gasteiger partial charge is 0.0326 e. The lowest BCUT2D eigenvalue weighted by atomic mass is 9.76. The predicted octanol–water partition coefficient (Wildman–Crippen LogP) is 4.21. The number of benzene rings is 1. The van der Waals surface area contributed by atoms with Gasteiger partial charge in [0, 0.05) is 6.04 Å². The van der Waals surface area contributed by atoms with Crippen molar-refractivity contribution in [3.8, 4) is 0 Å². The lowest BCUT2D eigenvalue weighted by Gasteiger charge is -2.32. The van der Waals surface area contributed by atoms with E-state index in [0.29, 0.717) is 5.92 Å². The molecule has 1 nitrogen and oxygen atoms in total. The van der Waals surface area contributed by atoms with Gasteiger partial charge in [0.2, 0.25) is 0 Å². The maximum atomic E-state index is 6.46. The quantitative estimate of drug-likeness (QED) is 0.828. The molecule has 0 spiro atoms. The third-order valence-electron chi connectivity index (χ3n) is 4.52. The SMILES string of the molecule is CCC1CCC(C(N)c2ccccc2C)CC1. The fourth-order valence-corrected chi connectivity index (χ4v) is 3.17. The molecule has 0 aromatic heterocycles. The lowest BCUT2D eigenvalue weighted by Crippen LogP contribution is -2.26. The molecule has 94 valence electrons. The van der Waals surface area contributed by atoms with Crippen molar-refractivity contribution in [2.45, 2.75) is 52.0 Å². The second-order valence-electron chi connectivity index (χ2n) is 5.57. The highest BCUT2D eigenvalue weighted by atomic mass is 14.7. The first-order valence-electron chi connectivity index (χ1n) is 7.03. The molecule has 1 aliphatic carbocycles. The van der Waals surface area contributed by atoms with Crippen molar-refractivity contribution >= 4 is 0 Å². The summed E-state index contributed by atoms with van der Waals surface area (Å²) in [7, 11) is 0. The summed E-state index contributed by atoms with van der Waals surface area (Å²) in [6, 6.07) is 8.83. The van der Waals surface area contributed by atoms with Crippen LogP contribution in [0.3, 0.4) is 0 Å². The van der Waals surface area contributed by atoms with Crippen molar-refractivity contribution in [1.29, 1.82) is 0 Å². The molecule has 0 radical (unpaired) electrons. The normalized spacial score (nSPS) is 26.8. The Morgan fingerprint density at radius 2 is 1.82 bits per heavy atom. The highest BCUT2D eigenvalue weighted by Gasteiger charge is 2.26. The van der Waals surface area contributed by atoms with Gasteiger partial charge in [0.05, 0.1) is 0 Å². The summed E-state index contributed by atoms with van der Waals surface area (Å²) in [5, 5.41) is 0. The molecule has 1 heteroatoms. The van der Waals surface area contributed by atoms with E-state index < -0.39 is 0 Å². The molecule has 0 aliphatic heterocycles. The van der Waals surface area contributed by atoms with Gasteiger partial charge in [-0.25, -0.2) is 0 Å². The second-order valence-corrected chi connectivity index (χ2v) is 5.57. The predicted molar refractivity (Wildman–Crippen MR) is 73.8 cm³/mol. The molecule has 0 bridgehead atoms. The van der Waals surface area contributed by atoms with Crippen molar-refractivity contribution in [2.75, 3.05) is 0 Å². The zero-order chi connectivity index (χ0) is 12.3. The summed E-state index contributed by atoms with van der Waals surface area (Å²) in [5.41, 5.74) is 9.16. The zero-order valence-electron chi connectivity index (χ0n) is 11.2. The molecule has 1 aliphatic rings. The van der Waals surface area contributed by atoms with E-state index in [1.807, 2.05) is 0 Å². The fraction of sp³-hybridized carbons (Fsp3) is 0.625. The standard InChI is InChI=1S/C16H25N/c1-3-13-8-10-14(11-9-13)16(17)15-7-5-4-6-12(15)2/h4-7,13-14,16H,3,8-11,17H2,1-2H3. The van der Waals surface area contributed by atoms with Gasteiger partial charge >= 0.3 is 0 Å². The molecule has 1 saturated carbocycles. The molecule has 2 rings (SSSR count). The van der Waals surface area contributed by atoms with Crippen LogP contribution >= 0.6 is 0 Å². The van der Waals surface area contributed by atoms with Gasteiger partial charge in [-0.1, -0.05) is 50.5 Å². The molecule has 1 aromatic carbocycles. The van der Waals surface area contributed by atoms with Crippen LogP contribution in [0.25, 0.3) is 0 Å². The van der Waals surface area contributed by atoms with Crippen LogP contribution in [-0.4, -0.2) is 0 Å². The topological polar surface area (TPSA) is 26.0 Å². The Balaban J connectivity index is 2.02. The average molecular weight is 231 g/mol. The Hall–Kier alpha value is -0.820. The third-order valence-corrected chi connectivity index (χ3v) is 4.52. The zero-order valence-corrected chi connectivity index (χ0v) is 11.2. The van der Waals surface area contributed by atoms with E-state index in [4.69, 9.17) is 5.73 Å². The summed E-state index contributed by atoms with van der Waals surface area (Å²) >= 11 is 0.